The van der Waals surface area contributed by atoms with E-state index < -0.39 is 39.7 Å². The maximum atomic E-state index is 13.3. The summed E-state index contributed by atoms with van der Waals surface area (Å²) in [7, 11) is 0. The van der Waals surface area contributed by atoms with Gasteiger partial charge in [0.2, 0.25) is 10.6 Å². The van der Waals surface area contributed by atoms with Gasteiger partial charge >= 0.3 is 0 Å². The molecule has 90 valence electrons. The van der Waals surface area contributed by atoms with Gasteiger partial charge in [0.1, 0.15) is 0 Å². The average Bonchev–Trinajstić information content (AvgIpc) is 2.71. The van der Waals surface area contributed by atoms with Gasteiger partial charge in [-0.15, -0.1) is 0 Å². The van der Waals surface area contributed by atoms with Gasteiger partial charge in [-0.25, -0.2) is 26.9 Å². The minimum absolute atomic E-state index is 0.00133. The predicted octanol–water partition coefficient (Wildman–Crippen LogP) is 3.66. The molecule has 0 radical (unpaired) electrons. The first kappa shape index (κ1) is 12.4. The first-order valence-corrected chi connectivity index (χ1v) is 5.51. The molecule has 0 bridgehead atoms. The third-order valence-corrected chi connectivity index (χ3v) is 3.15. The van der Waals surface area contributed by atoms with Crippen molar-refractivity contribution in [3.8, 4) is 10.6 Å². The van der Waals surface area contributed by atoms with Crippen molar-refractivity contribution in [2.45, 2.75) is 0 Å². The van der Waals surface area contributed by atoms with Gasteiger partial charge in [-0.2, -0.15) is 4.37 Å². The lowest BCUT2D eigenvalue weighted by Crippen LogP contribution is -2.03. The number of rotatable bonds is 1. The zero-order valence-electron chi connectivity index (χ0n) is 7.57. The van der Waals surface area contributed by atoms with Crippen molar-refractivity contribution < 1.29 is 22.0 Å². The molecule has 0 atom stereocenters. The van der Waals surface area contributed by atoms with Crippen LogP contribution in [0.5, 0.6) is 0 Å². The topological polar surface area (TPSA) is 25.8 Å². The summed E-state index contributed by atoms with van der Waals surface area (Å²) in [5, 5.41) is -0.398. The van der Waals surface area contributed by atoms with Crippen LogP contribution in [0.25, 0.3) is 10.6 Å². The highest BCUT2D eigenvalue weighted by molar-refractivity contribution is 9.10. The van der Waals surface area contributed by atoms with E-state index in [9.17, 15) is 22.0 Å². The van der Waals surface area contributed by atoms with E-state index in [-0.39, 0.29) is 4.73 Å². The lowest BCUT2D eigenvalue weighted by Gasteiger charge is -2.04. The van der Waals surface area contributed by atoms with Crippen molar-refractivity contribution in [3.05, 3.63) is 33.8 Å². The smallest absolute Gasteiger partial charge is 0.208 e. The molecule has 0 spiro atoms. The highest BCUT2D eigenvalue weighted by atomic mass is 79.9. The summed E-state index contributed by atoms with van der Waals surface area (Å²) in [5.41, 5.74) is -1.08. The maximum absolute atomic E-state index is 13.3. The van der Waals surface area contributed by atoms with Crippen LogP contribution in [-0.2, 0) is 0 Å². The summed E-state index contributed by atoms with van der Waals surface area (Å²) in [6, 6.07) is 0. The minimum atomic E-state index is -2.20. The third kappa shape index (κ3) is 1.93. The van der Waals surface area contributed by atoms with Crippen molar-refractivity contribution in [3.63, 3.8) is 0 Å². The fourth-order valence-corrected chi connectivity index (χ4v) is 2.21. The van der Waals surface area contributed by atoms with Crippen LogP contribution in [0, 0.1) is 29.1 Å². The zero-order chi connectivity index (χ0) is 12.7. The fourth-order valence-electron chi connectivity index (χ4n) is 1.10. The number of hydrogen-bond acceptors (Lipinski definition) is 3. The second-order valence-electron chi connectivity index (χ2n) is 2.81. The number of hydrogen-bond donors (Lipinski definition) is 0. The van der Waals surface area contributed by atoms with Crippen LogP contribution < -0.4 is 0 Å². The molecular formula is C8BrF5N2S. The molecule has 2 nitrogen and oxygen atoms in total. The Morgan fingerprint density at radius 3 is 1.71 bits per heavy atom. The van der Waals surface area contributed by atoms with E-state index in [0.29, 0.717) is 11.5 Å². The molecule has 0 aliphatic heterocycles. The number of halogens is 6. The molecule has 0 saturated heterocycles. The van der Waals surface area contributed by atoms with Crippen molar-refractivity contribution in [2.75, 3.05) is 0 Å². The first-order chi connectivity index (χ1) is 7.93. The quantitative estimate of drug-likeness (QED) is 0.453. The van der Waals surface area contributed by atoms with Gasteiger partial charge in [0.25, 0.3) is 0 Å². The van der Waals surface area contributed by atoms with E-state index in [4.69, 9.17) is 0 Å². The number of nitrogens with zero attached hydrogens (tertiary/aromatic N) is 2. The first-order valence-electron chi connectivity index (χ1n) is 3.94. The summed E-state index contributed by atoms with van der Waals surface area (Å²) in [5.74, 6) is -10.1. The molecule has 2 aromatic rings. The van der Waals surface area contributed by atoms with Gasteiger partial charge in [-0.1, -0.05) is 0 Å². The van der Waals surface area contributed by atoms with Crippen LogP contribution in [0.1, 0.15) is 0 Å². The van der Waals surface area contributed by atoms with E-state index in [1.807, 2.05) is 0 Å². The molecule has 0 aliphatic carbocycles. The molecule has 1 aromatic carbocycles. The van der Waals surface area contributed by atoms with Crippen LogP contribution in [0.3, 0.4) is 0 Å². The number of aromatic nitrogens is 2. The van der Waals surface area contributed by atoms with E-state index >= 15 is 0 Å². The van der Waals surface area contributed by atoms with Crippen molar-refractivity contribution in [1.29, 1.82) is 0 Å². The standard InChI is InChI=1S/C8BrF5N2S/c9-8-15-7(17-16-8)1-2(10)4(12)6(14)5(13)3(1)11. The molecule has 0 fully saturated rings. The molecular weight excluding hydrogens is 331 g/mol. The van der Waals surface area contributed by atoms with Crippen molar-refractivity contribution in [1.82, 2.24) is 9.36 Å². The average molecular weight is 331 g/mol. The van der Waals surface area contributed by atoms with Gasteiger partial charge < -0.3 is 0 Å². The fraction of sp³-hybridized carbons (Fsp3) is 0. The molecule has 9 heteroatoms. The Kier molecular flexibility index (Phi) is 3.13. The molecule has 1 heterocycles. The summed E-state index contributed by atoms with van der Waals surface area (Å²) in [6.07, 6.45) is 0. The van der Waals surface area contributed by atoms with E-state index in [2.05, 4.69) is 25.3 Å². The molecule has 0 N–H and O–H groups in total. The Bertz CT molecular complexity index is 571. The molecule has 1 aromatic heterocycles. The second-order valence-corrected chi connectivity index (χ2v) is 4.27. The number of benzene rings is 1. The maximum Gasteiger partial charge on any atom is 0.209 e. The summed E-state index contributed by atoms with van der Waals surface area (Å²) in [6.45, 7) is 0. The monoisotopic (exact) mass is 330 g/mol. The lowest BCUT2D eigenvalue weighted by atomic mass is 10.2. The molecule has 0 aliphatic rings. The van der Waals surface area contributed by atoms with E-state index in [1.165, 1.54) is 0 Å². The summed E-state index contributed by atoms with van der Waals surface area (Å²) < 4.78 is 68.6. The molecule has 2 rings (SSSR count). The molecule has 17 heavy (non-hydrogen) atoms. The van der Waals surface area contributed by atoms with E-state index in [1.54, 1.807) is 0 Å². The van der Waals surface area contributed by atoms with Gasteiger partial charge in [-0.3, -0.25) is 0 Å². The van der Waals surface area contributed by atoms with Crippen LogP contribution in [0.15, 0.2) is 4.73 Å². The molecule has 0 saturated carbocycles. The molecule has 0 amide bonds. The normalized spacial score (nSPS) is 10.9. The Labute approximate surface area is 103 Å². The largest absolute Gasteiger partial charge is 0.209 e. The van der Waals surface area contributed by atoms with E-state index in [0.717, 1.165) is 0 Å². The lowest BCUT2D eigenvalue weighted by molar-refractivity contribution is 0.381. The zero-order valence-corrected chi connectivity index (χ0v) is 9.97. The Hall–Kier alpha value is -1.09. The summed E-state index contributed by atoms with van der Waals surface area (Å²) in [4.78, 5) is 3.50. The van der Waals surface area contributed by atoms with Crippen molar-refractivity contribution >= 4 is 27.5 Å². The van der Waals surface area contributed by atoms with Crippen LogP contribution >= 0.6 is 27.5 Å². The third-order valence-electron chi connectivity index (χ3n) is 1.82. The second kappa shape index (κ2) is 4.30. The molecule has 0 unspecified atom stereocenters. The Morgan fingerprint density at radius 1 is 0.824 bits per heavy atom. The van der Waals surface area contributed by atoms with Gasteiger partial charge in [0.05, 0.1) is 5.56 Å². The minimum Gasteiger partial charge on any atom is -0.208 e. The Balaban J connectivity index is 2.78. The van der Waals surface area contributed by atoms with Gasteiger partial charge in [0, 0.05) is 0 Å². The SMILES string of the molecule is Fc1c(F)c(F)c(-c2nc(Br)ns2)c(F)c1F. The summed E-state index contributed by atoms with van der Waals surface area (Å²) >= 11 is 3.32. The van der Waals surface area contributed by atoms with Crippen LogP contribution in [-0.4, -0.2) is 9.36 Å². The van der Waals surface area contributed by atoms with Crippen LogP contribution in [0.4, 0.5) is 22.0 Å². The van der Waals surface area contributed by atoms with Gasteiger partial charge in [-0.05, 0) is 27.5 Å². The van der Waals surface area contributed by atoms with Crippen molar-refractivity contribution in [2.24, 2.45) is 0 Å². The highest BCUT2D eigenvalue weighted by Gasteiger charge is 2.28. The van der Waals surface area contributed by atoms with Crippen LogP contribution in [0.2, 0.25) is 0 Å². The predicted molar refractivity (Wildman–Crippen MR) is 52.8 cm³/mol. The highest BCUT2D eigenvalue weighted by Crippen LogP contribution is 2.32. The van der Waals surface area contributed by atoms with Gasteiger partial charge in [0.15, 0.2) is 28.3 Å². The Morgan fingerprint density at radius 2 is 1.29 bits per heavy atom.